The Balaban J connectivity index is 2.00. The Morgan fingerprint density at radius 3 is 2.68 bits per heavy atom. The lowest BCUT2D eigenvalue weighted by Gasteiger charge is -2.28. The highest BCUT2D eigenvalue weighted by atomic mass is 16.5. The molecule has 1 aromatic rings. The van der Waals surface area contributed by atoms with Crippen molar-refractivity contribution in [2.45, 2.75) is 0 Å². The molecule has 1 N–H and O–H groups in total. The number of aromatic nitrogens is 1. The van der Waals surface area contributed by atoms with Gasteiger partial charge in [0, 0.05) is 31.9 Å². The summed E-state index contributed by atoms with van der Waals surface area (Å²) in [4.78, 5) is 41.8. The molecule has 1 aliphatic heterocycles. The molecule has 0 aliphatic carbocycles. The Morgan fingerprint density at radius 2 is 2.05 bits per heavy atom. The molecular formula is C14H17N3O5. The van der Waals surface area contributed by atoms with E-state index >= 15 is 0 Å². The first-order valence-electron chi connectivity index (χ1n) is 6.79. The number of pyridine rings is 1. The molecule has 2 rings (SSSR count). The van der Waals surface area contributed by atoms with Gasteiger partial charge in [-0.15, -0.1) is 0 Å². The summed E-state index contributed by atoms with van der Waals surface area (Å²) in [6.45, 7) is 1.95. The minimum Gasteiger partial charge on any atom is -0.477 e. The Labute approximate surface area is 127 Å². The predicted molar refractivity (Wildman–Crippen MR) is 75.6 cm³/mol. The van der Waals surface area contributed by atoms with Gasteiger partial charge in [0.25, 0.3) is 5.91 Å². The van der Waals surface area contributed by atoms with Gasteiger partial charge in [-0.2, -0.15) is 0 Å². The summed E-state index contributed by atoms with van der Waals surface area (Å²) >= 11 is 0. The summed E-state index contributed by atoms with van der Waals surface area (Å²) in [5, 5.41) is 8.89. The number of hydrogen-bond donors (Lipinski definition) is 1. The van der Waals surface area contributed by atoms with Crippen LogP contribution in [0.3, 0.4) is 0 Å². The summed E-state index contributed by atoms with van der Waals surface area (Å²) in [7, 11) is 1.50. The topological polar surface area (TPSA) is 100 Å². The smallest absolute Gasteiger partial charge is 0.354 e. The normalized spacial score (nSPS) is 14.5. The first kappa shape index (κ1) is 15.9. The fourth-order valence-electron chi connectivity index (χ4n) is 2.09. The largest absolute Gasteiger partial charge is 0.477 e. The van der Waals surface area contributed by atoms with Crippen molar-refractivity contribution in [3.8, 4) is 0 Å². The lowest BCUT2D eigenvalue weighted by Crippen LogP contribution is -2.46. The number of aromatic carboxylic acids is 1. The molecule has 0 radical (unpaired) electrons. The van der Waals surface area contributed by atoms with Crippen LogP contribution in [0.5, 0.6) is 0 Å². The third-order valence-electron chi connectivity index (χ3n) is 3.31. The van der Waals surface area contributed by atoms with Crippen LogP contribution in [0.15, 0.2) is 18.3 Å². The molecular weight excluding hydrogens is 290 g/mol. The maximum atomic E-state index is 12.2. The number of rotatable bonds is 4. The van der Waals surface area contributed by atoms with E-state index in [1.165, 1.54) is 30.3 Å². The van der Waals surface area contributed by atoms with E-state index < -0.39 is 11.9 Å². The third kappa shape index (κ3) is 3.79. The summed E-state index contributed by atoms with van der Waals surface area (Å²) in [5.74, 6) is -1.79. The average Bonchev–Trinajstić information content (AvgIpc) is 2.54. The summed E-state index contributed by atoms with van der Waals surface area (Å²) in [6.07, 6.45) is 1.26. The second kappa shape index (κ2) is 6.99. The highest BCUT2D eigenvalue weighted by molar-refractivity contribution is 5.98. The molecule has 1 fully saturated rings. The van der Waals surface area contributed by atoms with Gasteiger partial charge in [0.15, 0.2) is 0 Å². The fraction of sp³-hybridized carbons (Fsp3) is 0.429. The number of ether oxygens (including phenoxy) is 1. The highest BCUT2D eigenvalue weighted by Crippen LogP contribution is 2.07. The van der Waals surface area contributed by atoms with Crippen LogP contribution in [0.4, 0.5) is 0 Å². The van der Waals surface area contributed by atoms with Gasteiger partial charge in [0.1, 0.15) is 5.69 Å². The van der Waals surface area contributed by atoms with Gasteiger partial charge in [0.05, 0.1) is 19.8 Å². The van der Waals surface area contributed by atoms with Crippen LogP contribution in [-0.2, 0) is 9.53 Å². The van der Waals surface area contributed by atoms with Crippen molar-refractivity contribution in [1.82, 2.24) is 14.8 Å². The van der Waals surface area contributed by atoms with Crippen molar-refractivity contribution in [3.05, 3.63) is 29.6 Å². The van der Waals surface area contributed by atoms with Crippen molar-refractivity contribution < 1.29 is 24.2 Å². The molecule has 0 aromatic carbocycles. The number of nitrogens with zero attached hydrogens (tertiary/aromatic N) is 3. The Kier molecular flexibility index (Phi) is 5.05. The summed E-state index contributed by atoms with van der Waals surface area (Å²) < 4.78 is 5.17. The van der Waals surface area contributed by atoms with Crippen LogP contribution in [0.25, 0.3) is 0 Å². The molecule has 0 saturated carbocycles. The number of carboxylic acid groups (broad SMARTS) is 1. The van der Waals surface area contributed by atoms with Gasteiger partial charge in [-0.3, -0.25) is 9.59 Å². The molecule has 2 amide bonds. The maximum Gasteiger partial charge on any atom is 0.354 e. The van der Waals surface area contributed by atoms with E-state index in [0.29, 0.717) is 26.3 Å². The number of carbonyl (C=O) groups excluding carboxylic acids is 2. The molecule has 0 spiro atoms. The van der Waals surface area contributed by atoms with E-state index in [4.69, 9.17) is 9.84 Å². The zero-order valence-corrected chi connectivity index (χ0v) is 12.2. The van der Waals surface area contributed by atoms with E-state index in [1.807, 2.05) is 0 Å². The molecule has 0 atom stereocenters. The fourth-order valence-corrected chi connectivity index (χ4v) is 2.09. The van der Waals surface area contributed by atoms with E-state index in [9.17, 15) is 14.4 Å². The van der Waals surface area contributed by atoms with Crippen molar-refractivity contribution in [2.24, 2.45) is 0 Å². The summed E-state index contributed by atoms with van der Waals surface area (Å²) in [5.41, 5.74) is -0.0246. The molecule has 1 aliphatic rings. The Hall–Kier alpha value is -2.48. The molecule has 2 heterocycles. The molecule has 0 bridgehead atoms. The number of hydrogen-bond acceptors (Lipinski definition) is 5. The Bertz CT molecular complexity index is 584. The zero-order chi connectivity index (χ0) is 16.1. The minimum absolute atomic E-state index is 0.0659. The molecule has 1 aromatic heterocycles. The number of likely N-dealkylation sites (N-methyl/N-ethyl adjacent to an activating group) is 1. The lowest BCUT2D eigenvalue weighted by atomic mass is 10.2. The second-order valence-electron chi connectivity index (χ2n) is 4.89. The SMILES string of the molecule is CN(CC(=O)N1CCOCC1)C(=O)c1ccnc(C(=O)O)c1. The third-order valence-corrected chi connectivity index (χ3v) is 3.31. The monoisotopic (exact) mass is 307 g/mol. The van der Waals surface area contributed by atoms with E-state index in [0.717, 1.165) is 0 Å². The van der Waals surface area contributed by atoms with Crippen LogP contribution in [-0.4, -0.2) is 77.6 Å². The molecule has 8 nitrogen and oxygen atoms in total. The predicted octanol–water partition coefficient (Wildman–Crippen LogP) is -0.289. The van der Waals surface area contributed by atoms with Gasteiger partial charge in [-0.25, -0.2) is 9.78 Å². The van der Waals surface area contributed by atoms with Crippen LogP contribution in [0.2, 0.25) is 0 Å². The first-order chi connectivity index (χ1) is 10.5. The van der Waals surface area contributed by atoms with Crippen LogP contribution < -0.4 is 0 Å². The molecule has 8 heteroatoms. The van der Waals surface area contributed by atoms with Crippen molar-refractivity contribution in [1.29, 1.82) is 0 Å². The highest BCUT2D eigenvalue weighted by Gasteiger charge is 2.21. The summed E-state index contributed by atoms with van der Waals surface area (Å²) in [6, 6.07) is 2.62. The van der Waals surface area contributed by atoms with E-state index in [1.54, 1.807) is 4.90 Å². The molecule has 118 valence electrons. The number of morpholine rings is 1. The van der Waals surface area contributed by atoms with Gasteiger partial charge >= 0.3 is 5.97 Å². The van der Waals surface area contributed by atoms with Crippen LogP contribution in [0, 0.1) is 0 Å². The number of carboxylic acids is 1. The van der Waals surface area contributed by atoms with Gasteiger partial charge in [-0.05, 0) is 12.1 Å². The van der Waals surface area contributed by atoms with Crippen molar-refractivity contribution in [2.75, 3.05) is 39.9 Å². The van der Waals surface area contributed by atoms with Gasteiger partial charge in [-0.1, -0.05) is 0 Å². The quantitative estimate of drug-likeness (QED) is 0.820. The van der Waals surface area contributed by atoms with Gasteiger partial charge in [0.2, 0.25) is 5.91 Å². The standard InChI is InChI=1S/C14H17N3O5/c1-16(9-12(18)17-4-6-22-7-5-17)13(19)10-2-3-15-11(8-10)14(20)21/h2-3,8H,4-7,9H2,1H3,(H,20,21). The Morgan fingerprint density at radius 1 is 1.36 bits per heavy atom. The maximum absolute atomic E-state index is 12.2. The molecule has 1 saturated heterocycles. The average molecular weight is 307 g/mol. The van der Waals surface area contributed by atoms with Crippen LogP contribution >= 0.6 is 0 Å². The number of carbonyl (C=O) groups is 3. The second-order valence-corrected chi connectivity index (χ2v) is 4.89. The minimum atomic E-state index is -1.21. The van der Waals surface area contributed by atoms with Crippen molar-refractivity contribution in [3.63, 3.8) is 0 Å². The van der Waals surface area contributed by atoms with Crippen LogP contribution in [0.1, 0.15) is 20.8 Å². The molecule has 22 heavy (non-hydrogen) atoms. The zero-order valence-electron chi connectivity index (χ0n) is 12.2. The lowest BCUT2D eigenvalue weighted by molar-refractivity contribution is -0.135. The van der Waals surface area contributed by atoms with Gasteiger partial charge < -0.3 is 19.6 Å². The first-order valence-corrected chi connectivity index (χ1v) is 6.79. The van der Waals surface area contributed by atoms with E-state index in [2.05, 4.69) is 4.98 Å². The number of amides is 2. The molecule has 0 unspecified atom stereocenters. The van der Waals surface area contributed by atoms with E-state index in [-0.39, 0.29) is 23.7 Å². The van der Waals surface area contributed by atoms with Crippen molar-refractivity contribution >= 4 is 17.8 Å².